The van der Waals surface area contributed by atoms with Crippen LogP contribution < -0.4 is 15.0 Å². The Morgan fingerprint density at radius 3 is 2.69 bits per heavy atom. The molecule has 7 nitrogen and oxygen atoms in total. The molecule has 2 aromatic rings. The summed E-state index contributed by atoms with van der Waals surface area (Å²) in [6.07, 6.45) is 0. The van der Waals surface area contributed by atoms with Gasteiger partial charge in [0.2, 0.25) is 0 Å². The average Bonchev–Trinajstić information content (AvgIpc) is 2.60. The molecule has 0 radical (unpaired) electrons. The number of likely N-dealkylation sites (N-methyl/N-ethyl adjacent to an activating group) is 1. The molecular weight excluding hydrogens is 341 g/mol. The molecule has 0 bridgehead atoms. The molecule has 2 aromatic carbocycles. The minimum absolute atomic E-state index is 0.144. The molecule has 2 atom stereocenters. The highest BCUT2D eigenvalue weighted by Crippen LogP contribution is 2.28. The maximum atomic E-state index is 13.3. The number of nitrogens with one attached hydrogen (secondary N) is 2. The number of ether oxygens (including phenoxy) is 1. The number of halogens is 1. The van der Waals surface area contributed by atoms with Gasteiger partial charge in [-0.15, -0.1) is 0 Å². The molecule has 0 spiro atoms. The van der Waals surface area contributed by atoms with Crippen molar-refractivity contribution >= 4 is 17.3 Å². The van der Waals surface area contributed by atoms with Crippen LogP contribution in [-0.2, 0) is 11.3 Å². The van der Waals surface area contributed by atoms with E-state index in [9.17, 15) is 19.3 Å². The summed E-state index contributed by atoms with van der Waals surface area (Å²) in [5.41, 5.74) is 0.862. The van der Waals surface area contributed by atoms with Crippen molar-refractivity contribution in [1.29, 1.82) is 0 Å². The number of carbonyl (C=O) groups excluding carboxylic acids is 1. The Kier molecular flexibility index (Phi) is 6.24. The van der Waals surface area contributed by atoms with Crippen LogP contribution >= 0.6 is 0 Å². The van der Waals surface area contributed by atoms with Crippen LogP contribution in [-0.4, -0.2) is 31.0 Å². The Balaban J connectivity index is 2.10. The zero-order valence-corrected chi connectivity index (χ0v) is 14.8. The number of nitro benzene ring substituents is 1. The fraction of sp³-hybridized carbons (Fsp3) is 0.278. The van der Waals surface area contributed by atoms with Gasteiger partial charge in [-0.1, -0.05) is 12.1 Å². The van der Waals surface area contributed by atoms with Gasteiger partial charge in [-0.3, -0.25) is 14.9 Å². The largest absolute Gasteiger partial charge is 0.495 e. The topological polar surface area (TPSA) is 85.9 Å². The second-order valence-electron chi connectivity index (χ2n) is 6.01. The van der Waals surface area contributed by atoms with Gasteiger partial charge in [-0.2, -0.15) is 0 Å². The maximum Gasteiger partial charge on any atom is 0.282 e. The molecule has 0 heterocycles. The van der Waals surface area contributed by atoms with E-state index in [0.717, 1.165) is 10.5 Å². The van der Waals surface area contributed by atoms with Gasteiger partial charge >= 0.3 is 0 Å². The molecule has 138 valence electrons. The predicted octanol–water partition coefficient (Wildman–Crippen LogP) is 1.78. The van der Waals surface area contributed by atoms with Crippen molar-refractivity contribution in [2.24, 2.45) is 0 Å². The fourth-order valence-corrected chi connectivity index (χ4v) is 2.49. The first-order valence-corrected chi connectivity index (χ1v) is 8.02. The van der Waals surface area contributed by atoms with Crippen LogP contribution in [0.5, 0.6) is 5.75 Å². The summed E-state index contributed by atoms with van der Waals surface area (Å²) in [5.74, 6) is -0.314. The van der Waals surface area contributed by atoms with Crippen molar-refractivity contribution in [3.8, 4) is 5.75 Å². The Bertz CT molecular complexity index is 813. The third-order valence-corrected chi connectivity index (χ3v) is 4.16. The lowest BCUT2D eigenvalue weighted by atomic mass is 10.1. The monoisotopic (exact) mass is 362 g/mol. The molecular formula is C18H21FN3O4+. The molecule has 1 amide bonds. The second-order valence-corrected chi connectivity index (χ2v) is 6.01. The highest BCUT2D eigenvalue weighted by atomic mass is 19.1. The van der Waals surface area contributed by atoms with E-state index in [4.69, 9.17) is 4.74 Å². The first kappa shape index (κ1) is 19.3. The van der Waals surface area contributed by atoms with Gasteiger partial charge in [0.05, 0.1) is 24.8 Å². The van der Waals surface area contributed by atoms with Crippen LogP contribution in [0, 0.1) is 15.9 Å². The molecule has 0 fully saturated rings. The Morgan fingerprint density at radius 2 is 2.08 bits per heavy atom. The van der Waals surface area contributed by atoms with E-state index >= 15 is 0 Å². The fourth-order valence-electron chi connectivity index (χ4n) is 2.49. The summed E-state index contributed by atoms with van der Waals surface area (Å²) >= 11 is 0. The van der Waals surface area contributed by atoms with Crippen molar-refractivity contribution in [3.05, 3.63) is 64.0 Å². The van der Waals surface area contributed by atoms with Gasteiger partial charge in [0, 0.05) is 17.7 Å². The van der Waals surface area contributed by atoms with E-state index in [1.165, 1.54) is 37.4 Å². The van der Waals surface area contributed by atoms with Gasteiger partial charge in [0.15, 0.2) is 6.04 Å². The third kappa shape index (κ3) is 4.76. The highest BCUT2D eigenvalue weighted by Gasteiger charge is 2.24. The van der Waals surface area contributed by atoms with Crippen LogP contribution in [0.2, 0.25) is 0 Å². The second kappa shape index (κ2) is 8.39. The average molecular weight is 362 g/mol. The summed E-state index contributed by atoms with van der Waals surface area (Å²) < 4.78 is 18.4. The quantitative estimate of drug-likeness (QED) is 0.581. The van der Waals surface area contributed by atoms with Crippen molar-refractivity contribution in [2.45, 2.75) is 19.5 Å². The maximum absolute atomic E-state index is 13.3. The number of methoxy groups -OCH3 is 1. The molecule has 1 unspecified atom stereocenters. The van der Waals surface area contributed by atoms with E-state index in [1.54, 1.807) is 19.1 Å². The standard InChI is InChI=1S/C18H20FN3O4/c1-12(21(2)11-13-5-4-6-14(19)9-13)18(23)20-16-10-15(22(24)25)7-8-17(16)26-3/h4-10,12H,11H2,1-3H3,(H,20,23)/p+1/t12-/m1/s1. The van der Waals surface area contributed by atoms with Crippen molar-refractivity contribution in [1.82, 2.24) is 0 Å². The molecule has 0 aliphatic rings. The molecule has 2 rings (SSSR count). The van der Waals surface area contributed by atoms with Gasteiger partial charge in [-0.05, 0) is 25.1 Å². The minimum atomic E-state index is -0.542. The van der Waals surface area contributed by atoms with Crippen LogP contribution in [0.4, 0.5) is 15.8 Å². The number of quaternary nitrogens is 1. The molecule has 26 heavy (non-hydrogen) atoms. The Hall–Kier alpha value is -3.00. The number of hydrogen-bond acceptors (Lipinski definition) is 4. The molecule has 0 aliphatic heterocycles. The van der Waals surface area contributed by atoms with E-state index in [0.29, 0.717) is 12.3 Å². The number of amides is 1. The molecule has 0 aromatic heterocycles. The molecule has 0 saturated carbocycles. The zero-order chi connectivity index (χ0) is 19.3. The van der Waals surface area contributed by atoms with Crippen molar-refractivity contribution < 1.29 is 23.7 Å². The minimum Gasteiger partial charge on any atom is -0.495 e. The number of hydrogen-bond donors (Lipinski definition) is 2. The number of benzene rings is 2. The van der Waals surface area contributed by atoms with Gasteiger partial charge in [0.25, 0.3) is 11.6 Å². The molecule has 8 heteroatoms. The highest BCUT2D eigenvalue weighted by molar-refractivity contribution is 5.95. The smallest absolute Gasteiger partial charge is 0.282 e. The van der Waals surface area contributed by atoms with Crippen molar-refractivity contribution in [2.75, 3.05) is 19.5 Å². The molecule has 2 N–H and O–H groups in total. The Morgan fingerprint density at radius 1 is 1.35 bits per heavy atom. The molecule has 0 aliphatic carbocycles. The van der Waals surface area contributed by atoms with E-state index < -0.39 is 11.0 Å². The van der Waals surface area contributed by atoms with Crippen LogP contribution in [0.25, 0.3) is 0 Å². The first-order valence-electron chi connectivity index (χ1n) is 8.02. The number of non-ortho nitro benzene ring substituents is 1. The number of nitro groups is 1. The summed E-state index contributed by atoms with van der Waals surface area (Å²) in [6, 6.07) is 9.73. The van der Waals surface area contributed by atoms with Gasteiger partial charge < -0.3 is 15.0 Å². The number of carbonyl (C=O) groups is 1. The number of rotatable bonds is 7. The van der Waals surface area contributed by atoms with E-state index in [2.05, 4.69) is 5.32 Å². The number of anilines is 1. The van der Waals surface area contributed by atoms with Crippen molar-refractivity contribution in [3.63, 3.8) is 0 Å². The SMILES string of the molecule is COc1ccc([N+](=O)[O-])cc1NC(=O)[C@@H](C)[NH+](C)Cc1cccc(F)c1. The summed E-state index contributed by atoms with van der Waals surface area (Å²) in [7, 11) is 3.24. The first-order chi connectivity index (χ1) is 12.3. The number of nitrogens with zero attached hydrogens (tertiary/aromatic N) is 1. The van der Waals surface area contributed by atoms with E-state index in [1.807, 2.05) is 7.05 Å². The van der Waals surface area contributed by atoms with Crippen LogP contribution in [0.3, 0.4) is 0 Å². The predicted molar refractivity (Wildman–Crippen MR) is 94.7 cm³/mol. The Labute approximate surface area is 150 Å². The summed E-state index contributed by atoms with van der Waals surface area (Å²) in [6.45, 7) is 2.19. The normalized spacial score (nSPS) is 12.9. The lowest BCUT2D eigenvalue weighted by Crippen LogP contribution is -3.12. The lowest BCUT2D eigenvalue weighted by molar-refractivity contribution is -0.907. The summed E-state index contributed by atoms with van der Waals surface area (Å²) in [5, 5.41) is 13.6. The third-order valence-electron chi connectivity index (χ3n) is 4.16. The van der Waals surface area contributed by atoms with Crippen LogP contribution in [0.1, 0.15) is 12.5 Å². The van der Waals surface area contributed by atoms with Gasteiger partial charge in [-0.25, -0.2) is 4.39 Å². The van der Waals surface area contributed by atoms with Crippen LogP contribution in [0.15, 0.2) is 42.5 Å². The summed E-state index contributed by atoms with van der Waals surface area (Å²) in [4.78, 5) is 23.8. The lowest BCUT2D eigenvalue weighted by Gasteiger charge is -2.21. The zero-order valence-electron chi connectivity index (χ0n) is 14.8. The molecule has 0 saturated heterocycles. The van der Waals surface area contributed by atoms with E-state index in [-0.39, 0.29) is 23.1 Å². The van der Waals surface area contributed by atoms with Gasteiger partial charge in [0.1, 0.15) is 18.1 Å².